The summed E-state index contributed by atoms with van der Waals surface area (Å²) in [5, 5.41) is 2.59. The summed E-state index contributed by atoms with van der Waals surface area (Å²) >= 11 is 0. The fraction of sp³-hybridized carbons (Fsp3) is 0.500. The average molecular weight is 140 g/mol. The van der Waals surface area contributed by atoms with Gasteiger partial charge >= 0.3 is 0 Å². The van der Waals surface area contributed by atoms with E-state index >= 15 is 0 Å². The molecule has 0 rings (SSSR count). The zero-order valence-corrected chi connectivity index (χ0v) is 6.77. The lowest BCUT2D eigenvalue weighted by Gasteiger charge is -2.16. The number of hydrogen-bond donors (Lipinski definition) is 1. The van der Waals surface area contributed by atoms with Gasteiger partial charge in [0.2, 0.25) is 5.91 Å². The van der Waals surface area contributed by atoms with Gasteiger partial charge in [-0.05, 0) is 11.5 Å². The second kappa shape index (κ2) is 3.40. The van der Waals surface area contributed by atoms with Gasteiger partial charge in [-0.2, -0.15) is 0 Å². The van der Waals surface area contributed by atoms with Gasteiger partial charge < -0.3 is 5.32 Å². The molecule has 0 heterocycles. The van der Waals surface area contributed by atoms with Gasteiger partial charge in [-0.1, -0.05) is 27.4 Å². The maximum absolute atomic E-state index is 10.6. The Morgan fingerprint density at radius 2 is 2.00 bits per heavy atom. The van der Waals surface area contributed by atoms with Crippen LogP contribution in [0.15, 0.2) is 12.7 Å². The van der Waals surface area contributed by atoms with Crippen LogP contribution in [0.2, 0.25) is 0 Å². The van der Waals surface area contributed by atoms with Gasteiger partial charge in [0.1, 0.15) is 0 Å². The van der Waals surface area contributed by atoms with Crippen molar-refractivity contribution in [2.24, 2.45) is 5.41 Å². The van der Waals surface area contributed by atoms with Gasteiger partial charge in [-0.25, -0.2) is 0 Å². The van der Waals surface area contributed by atoms with E-state index in [-0.39, 0.29) is 11.3 Å². The Labute approximate surface area is 62.3 Å². The fourth-order valence-corrected chi connectivity index (χ4v) is 0.347. The summed E-state index contributed by atoms with van der Waals surface area (Å²) in [7, 11) is 0. The first-order valence-corrected chi connectivity index (χ1v) is 3.23. The summed E-state index contributed by atoms with van der Waals surface area (Å²) in [6, 6.07) is 0. The van der Waals surface area contributed by atoms with E-state index < -0.39 is 0 Å². The lowest BCUT2D eigenvalue weighted by molar-refractivity contribution is -0.116. The highest BCUT2D eigenvalue weighted by atomic mass is 16.1. The topological polar surface area (TPSA) is 29.1 Å². The van der Waals surface area contributed by atoms with Crippen molar-refractivity contribution < 1.29 is 4.79 Å². The molecule has 0 saturated heterocycles. The SMILES string of the molecule is C=CC(=O)N[CH]C(C)(C)C. The summed E-state index contributed by atoms with van der Waals surface area (Å²) in [4.78, 5) is 10.6. The summed E-state index contributed by atoms with van der Waals surface area (Å²) < 4.78 is 0. The molecule has 0 bridgehead atoms. The molecule has 10 heavy (non-hydrogen) atoms. The predicted octanol–water partition coefficient (Wildman–Crippen LogP) is 1.50. The van der Waals surface area contributed by atoms with Gasteiger partial charge in [-0.15, -0.1) is 0 Å². The molecule has 0 aromatic heterocycles. The van der Waals surface area contributed by atoms with Crippen molar-refractivity contribution in [1.82, 2.24) is 5.32 Å². The van der Waals surface area contributed by atoms with Crippen molar-refractivity contribution in [2.45, 2.75) is 20.8 Å². The third-order valence-corrected chi connectivity index (χ3v) is 0.833. The molecule has 0 atom stereocenters. The highest BCUT2D eigenvalue weighted by molar-refractivity contribution is 5.87. The number of amides is 1. The first-order chi connectivity index (χ1) is 4.45. The van der Waals surface area contributed by atoms with Gasteiger partial charge in [0, 0.05) is 0 Å². The van der Waals surface area contributed by atoms with Crippen molar-refractivity contribution in [3.05, 3.63) is 19.2 Å². The van der Waals surface area contributed by atoms with E-state index in [0.717, 1.165) is 0 Å². The molecule has 0 fully saturated rings. The van der Waals surface area contributed by atoms with E-state index in [1.165, 1.54) is 6.08 Å². The Morgan fingerprint density at radius 3 is 2.30 bits per heavy atom. The molecule has 0 aromatic carbocycles. The summed E-state index contributed by atoms with van der Waals surface area (Å²) in [6.45, 7) is 11.1. The molecule has 2 nitrogen and oxygen atoms in total. The zero-order chi connectivity index (χ0) is 8.20. The molecule has 1 radical (unpaired) electrons. The second-order valence-corrected chi connectivity index (χ2v) is 3.22. The van der Waals surface area contributed by atoms with E-state index in [4.69, 9.17) is 0 Å². The Morgan fingerprint density at radius 1 is 1.50 bits per heavy atom. The molecule has 0 saturated carbocycles. The monoisotopic (exact) mass is 140 g/mol. The molecule has 0 aromatic rings. The fourth-order valence-electron chi connectivity index (χ4n) is 0.347. The maximum Gasteiger partial charge on any atom is 0.243 e. The molecule has 0 aliphatic rings. The molecule has 1 N–H and O–H groups in total. The van der Waals surface area contributed by atoms with Crippen molar-refractivity contribution in [1.29, 1.82) is 0 Å². The number of carbonyl (C=O) groups is 1. The second-order valence-electron chi connectivity index (χ2n) is 3.22. The zero-order valence-electron chi connectivity index (χ0n) is 6.77. The van der Waals surface area contributed by atoms with E-state index in [1.807, 2.05) is 20.8 Å². The minimum atomic E-state index is -0.157. The standard InChI is InChI=1S/C8H14NO/c1-5-7(10)9-6-8(2,3)4/h5-6H,1H2,2-4H3,(H,9,10). The number of nitrogens with one attached hydrogen (secondary N) is 1. The highest BCUT2D eigenvalue weighted by Crippen LogP contribution is 2.14. The van der Waals surface area contributed by atoms with Crippen LogP contribution in [0.5, 0.6) is 0 Å². The third-order valence-electron chi connectivity index (χ3n) is 0.833. The van der Waals surface area contributed by atoms with Crippen LogP contribution in [0.3, 0.4) is 0 Å². The number of rotatable bonds is 2. The van der Waals surface area contributed by atoms with Gasteiger partial charge in [0.25, 0.3) is 0 Å². The lowest BCUT2D eigenvalue weighted by atomic mass is 9.97. The molecular formula is C8H14NO. The van der Waals surface area contributed by atoms with E-state index in [0.29, 0.717) is 0 Å². The quantitative estimate of drug-likeness (QED) is 0.578. The molecule has 0 unspecified atom stereocenters. The van der Waals surface area contributed by atoms with Crippen molar-refractivity contribution >= 4 is 5.91 Å². The first kappa shape index (κ1) is 9.21. The van der Waals surface area contributed by atoms with Crippen LogP contribution in [0.4, 0.5) is 0 Å². The minimum Gasteiger partial charge on any atom is -0.347 e. The molecular weight excluding hydrogens is 126 g/mol. The lowest BCUT2D eigenvalue weighted by Crippen LogP contribution is -2.25. The number of hydrogen-bond acceptors (Lipinski definition) is 1. The molecule has 0 aliphatic carbocycles. The Hall–Kier alpha value is -0.790. The van der Waals surface area contributed by atoms with Gasteiger partial charge in [0.15, 0.2) is 0 Å². The van der Waals surface area contributed by atoms with E-state index in [2.05, 4.69) is 11.9 Å². The largest absolute Gasteiger partial charge is 0.347 e. The van der Waals surface area contributed by atoms with Gasteiger partial charge in [-0.3, -0.25) is 4.79 Å². The van der Waals surface area contributed by atoms with Crippen LogP contribution in [0, 0.1) is 12.0 Å². The smallest absolute Gasteiger partial charge is 0.243 e. The summed E-state index contributed by atoms with van der Waals surface area (Å²) in [6.07, 6.45) is 1.25. The Balaban J connectivity index is 3.55. The normalized spacial score (nSPS) is 10.7. The highest BCUT2D eigenvalue weighted by Gasteiger charge is 2.10. The predicted molar refractivity (Wildman–Crippen MR) is 42.1 cm³/mol. The summed E-state index contributed by atoms with van der Waals surface area (Å²) in [5.41, 5.74) is 0.0265. The molecule has 57 valence electrons. The molecule has 1 amide bonds. The molecule has 0 aliphatic heterocycles. The van der Waals surface area contributed by atoms with Crippen molar-refractivity contribution in [2.75, 3.05) is 0 Å². The van der Waals surface area contributed by atoms with Gasteiger partial charge in [0.05, 0.1) is 6.54 Å². The molecule has 2 heteroatoms. The van der Waals surface area contributed by atoms with Crippen LogP contribution in [0.25, 0.3) is 0 Å². The van der Waals surface area contributed by atoms with E-state index in [9.17, 15) is 4.79 Å². The van der Waals surface area contributed by atoms with Crippen LogP contribution >= 0.6 is 0 Å². The average Bonchev–Trinajstić information content (AvgIpc) is 1.81. The first-order valence-electron chi connectivity index (χ1n) is 3.23. The van der Waals surface area contributed by atoms with Crippen molar-refractivity contribution in [3.63, 3.8) is 0 Å². The Bertz CT molecular complexity index is 133. The third kappa shape index (κ3) is 5.35. The number of carbonyl (C=O) groups excluding carboxylic acids is 1. The van der Waals surface area contributed by atoms with Crippen LogP contribution in [-0.2, 0) is 4.79 Å². The maximum atomic E-state index is 10.6. The minimum absolute atomic E-state index is 0.0265. The Kier molecular flexibility index (Phi) is 3.13. The van der Waals surface area contributed by atoms with Crippen LogP contribution in [-0.4, -0.2) is 5.91 Å². The van der Waals surface area contributed by atoms with Crippen LogP contribution < -0.4 is 5.32 Å². The summed E-state index contributed by atoms with van der Waals surface area (Å²) in [5.74, 6) is -0.157. The van der Waals surface area contributed by atoms with Crippen LogP contribution in [0.1, 0.15) is 20.8 Å². The molecule has 0 spiro atoms. The van der Waals surface area contributed by atoms with Crippen molar-refractivity contribution in [3.8, 4) is 0 Å². The van der Waals surface area contributed by atoms with E-state index in [1.54, 1.807) is 6.54 Å².